The molecule has 2 amide bonds. The van der Waals surface area contributed by atoms with Crippen LogP contribution in [0, 0.1) is 0 Å². The highest BCUT2D eigenvalue weighted by Gasteiger charge is 2.29. The number of nitrogens with zero attached hydrogens (tertiary/aromatic N) is 2. The van der Waals surface area contributed by atoms with E-state index in [-0.39, 0.29) is 11.8 Å². The van der Waals surface area contributed by atoms with Gasteiger partial charge in [-0.1, -0.05) is 57.8 Å². The van der Waals surface area contributed by atoms with Crippen molar-refractivity contribution in [3.05, 3.63) is 66.0 Å². The summed E-state index contributed by atoms with van der Waals surface area (Å²) in [5.41, 5.74) is 1.74. The summed E-state index contributed by atoms with van der Waals surface area (Å²) in [6.07, 6.45) is 12.2. The number of benzene rings is 1. The third-order valence-electron chi connectivity index (χ3n) is 7.08. The highest BCUT2D eigenvalue weighted by Crippen LogP contribution is 2.19. The second kappa shape index (κ2) is 18.4. The standard InChI is InChI=1S/C30H45N3O3.CH4O/c1-6-10-11-12-13-14-24-36-28(15-7-2)27(8-3)29(34)31-26-18-16-25(17-19-26)30(35)32-20-22-33(5,9-4)23-21-32;1-2/h7-8,15-19H,2,6,9-14,20-24H2,1,3-5H3;2H,1H3/p+1/b27-8+,28-15+;. The van der Waals surface area contributed by atoms with Crippen LogP contribution in [0.1, 0.15) is 69.7 Å². The molecule has 1 aliphatic rings. The third-order valence-corrected chi connectivity index (χ3v) is 7.08. The van der Waals surface area contributed by atoms with Crippen LogP contribution in [0.3, 0.4) is 0 Å². The molecule has 0 spiro atoms. The van der Waals surface area contributed by atoms with Gasteiger partial charge in [-0.15, -0.1) is 0 Å². The highest BCUT2D eigenvalue weighted by molar-refractivity contribution is 6.06. The molecule has 7 heteroatoms. The molecule has 2 N–H and O–H groups in total. The third kappa shape index (κ3) is 10.8. The lowest BCUT2D eigenvalue weighted by atomic mass is 10.1. The van der Waals surface area contributed by atoms with Crippen molar-refractivity contribution in [2.24, 2.45) is 0 Å². The molecule has 1 aliphatic heterocycles. The number of carbonyl (C=O) groups is 2. The van der Waals surface area contributed by atoms with Crippen LogP contribution < -0.4 is 5.32 Å². The summed E-state index contributed by atoms with van der Waals surface area (Å²) in [6, 6.07) is 7.13. The summed E-state index contributed by atoms with van der Waals surface area (Å²) in [5, 5.41) is 9.93. The first-order chi connectivity index (χ1) is 18.4. The number of allylic oxidation sites excluding steroid dienone is 3. The molecule has 38 heavy (non-hydrogen) atoms. The van der Waals surface area contributed by atoms with Crippen LogP contribution in [-0.4, -0.2) is 79.8 Å². The minimum absolute atomic E-state index is 0.0451. The topological polar surface area (TPSA) is 78.9 Å². The Morgan fingerprint density at radius 1 is 1.05 bits per heavy atom. The molecular weight excluding hydrogens is 478 g/mol. The summed E-state index contributed by atoms with van der Waals surface area (Å²) in [6.45, 7) is 15.1. The zero-order valence-corrected chi connectivity index (χ0v) is 24.3. The molecule has 1 aromatic carbocycles. The van der Waals surface area contributed by atoms with Crippen LogP contribution in [0.15, 0.2) is 60.4 Å². The summed E-state index contributed by atoms with van der Waals surface area (Å²) >= 11 is 0. The van der Waals surface area contributed by atoms with Gasteiger partial charge in [0.25, 0.3) is 11.8 Å². The van der Waals surface area contributed by atoms with E-state index in [1.807, 2.05) is 11.8 Å². The number of hydrogen-bond donors (Lipinski definition) is 2. The smallest absolute Gasteiger partial charge is 0.259 e. The fraction of sp³-hybridized carbons (Fsp3) is 0.548. The van der Waals surface area contributed by atoms with Crippen LogP contribution in [-0.2, 0) is 9.53 Å². The monoisotopic (exact) mass is 528 g/mol. The van der Waals surface area contributed by atoms with Crippen LogP contribution in [0.5, 0.6) is 0 Å². The first-order valence-electron chi connectivity index (χ1n) is 14.0. The van der Waals surface area contributed by atoms with Crippen molar-refractivity contribution >= 4 is 17.5 Å². The Kier molecular flexibility index (Phi) is 16.0. The van der Waals surface area contributed by atoms with Gasteiger partial charge in [0.15, 0.2) is 0 Å². The molecule has 212 valence electrons. The molecule has 0 saturated carbocycles. The van der Waals surface area contributed by atoms with E-state index in [2.05, 4.69) is 32.8 Å². The minimum atomic E-state index is -0.250. The first kappa shape index (κ1) is 33.1. The molecule has 7 nitrogen and oxygen atoms in total. The number of aliphatic hydroxyl groups is 1. The summed E-state index contributed by atoms with van der Waals surface area (Å²) in [5.74, 6) is 0.317. The van der Waals surface area contributed by atoms with Crippen molar-refractivity contribution in [2.45, 2.75) is 59.3 Å². The highest BCUT2D eigenvalue weighted by atomic mass is 16.5. The largest absolute Gasteiger partial charge is 0.493 e. The lowest BCUT2D eigenvalue weighted by molar-refractivity contribution is -0.911. The maximum absolute atomic E-state index is 13.0. The van der Waals surface area contributed by atoms with Crippen LogP contribution in [0.4, 0.5) is 5.69 Å². The van der Waals surface area contributed by atoms with E-state index in [0.717, 1.165) is 57.2 Å². The Hall–Kier alpha value is -2.90. The van der Waals surface area contributed by atoms with Crippen molar-refractivity contribution in [1.29, 1.82) is 0 Å². The van der Waals surface area contributed by atoms with E-state index in [9.17, 15) is 9.59 Å². The number of amides is 2. The van der Waals surface area contributed by atoms with Gasteiger partial charge in [-0.25, -0.2) is 0 Å². The normalized spacial score (nSPS) is 15.3. The number of anilines is 1. The molecule has 1 aromatic rings. The van der Waals surface area contributed by atoms with Crippen molar-refractivity contribution < 1.29 is 23.9 Å². The molecule has 1 heterocycles. The number of hydrogen-bond acceptors (Lipinski definition) is 4. The van der Waals surface area contributed by atoms with E-state index >= 15 is 0 Å². The number of rotatable bonds is 14. The molecular formula is C31H50N3O4+. The maximum Gasteiger partial charge on any atom is 0.259 e. The van der Waals surface area contributed by atoms with Crippen molar-refractivity contribution in [3.63, 3.8) is 0 Å². The zero-order valence-electron chi connectivity index (χ0n) is 24.3. The van der Waals surface area contributed by atoms with E-state index in [1.165, 1.54) is 25.7 Å². The lowest BCUT2D eigenvalue weighted by Gasteiger charge is -2.41. The van der Waals surface area contributed by atoms with Gasteiger partial charge in [0.2, 0.25) is 0 Å². The number of nitrogens with one attached hydrogen (secondary N) is 1. The second-order valence-corrected chi connectivity index (χ2v) is 9.79. The zero-order chi connectivity index (χ0) is 28.4. The second-order valence-electron chi connectivity index (χ2n) is 9.79. The van der Waals surface area contributed by atoms with Crippen LogP contribution in [0.2, 0.25) is 0 Å². The van der Waals surface area contributed by atoms with Gasteiger partial charge in [-0.2, -0.15) is 0 Å². The van der Waals surface area contributed by atoms with Crippen LogP contribution >= 0.6 is 0 Å². The SMILES string of the molecule is C=C/C=C(OCCCCCCCC)\C(=C/C)C(=O)Nc1ccc(C(=O)N2CC[N+](C)(CC)CC2)cc1.CO. The first-order valence-corrected chi connectivity index (χ1v) is 14.0. The molecule has 0 atom stereocenters. The number of likely N-dealkylation sites (N-methyl/N-ethyl adjacent to an activating group) is 1. The average Bonchev–Trinajstić information content (AvgIpc) is 2.94. The number of carbonyl (C=O) groups excluding carboxylic acids is 2. The van der Waals surface area contributed by atoms with Gasteiger partial charge < -0.3 is 24.5 Å². The number of quaternary nitrogens is 1. The van der Waals surface area contributed by atoms with Gasteiger partial charge in [-0.3, -0.25) is 9.59 Å². The fourth-order valence-electron chi connectivity index (χ4n) is 4.32. The summed E-state index contributed by atoms with van der Waals surface area (Å²) < 4.78 is 6.96. The molecule has 1 fully saturated rings. The van der Waals surface area contributed by atoms with Crippen molar-refractivity contribution in [3.8, 4) is 0 Å². The average molecular weight is 529 g/mol. The molecule has 0 aliphatic carbocycles. The fourth-order valence-corrected chi connectivity index (χ4v) is 4.32. The molecule has 0 aromatic heterocycles. The van der Waals surface area contributed by atoms with E-state index in [0.29, 0.717) is 29.2 Å². The summed E-state index contributed by atoms with van der Waals surface area (Å²) in [4.78, 5) is 27.9. The Labute approximate surface area is 230 Å². The number of aliphatic hydroxyl groups excluding tert-OH is 1. The van der Waals surface area contributed by atoms with E-state index < -0.39 is 0 Å². The van der Waals surface area contributed by atoms with Gasteiger partial charge in [0.05, 0.1) is 52.0 Å². The quantitative estimate of drug-likeness (QED) is 0.109. The van der Waals surface area contributed by atoms with Gasteiger partial charge >= 0.3 is 0 Å². The summed E-state index contributed by atoms with van der Waals surface area (Å²) in [7, 11) is 3.24. The molecule has 0 unspecified atom stereocenters. The Bertz CT molecular complexity index is 914. The number of piperazine rings is 1. The van der Waals surface area contributed by atoms with Gasteiger partial charge in [0.1, 0.15) is 5.76 Å². The van der Waals surface area contributed by atoms with Gasteiger partial charge in [-0.05, 0) is 50.6 Å². The predicted molar refractivity (Wildman–Crippen MR) is 157 cm³/mol. The van der Waals surface area contributed by atoms with Crippen LogP contribution in [0.25, 0.3) is 0 Å². The minimum Gasteiger partial charge on any atom is -0.493 e. The molecule has 0 bridgehead atoms. The van der Waals surface area contributed by atoms with Crippen molar-refractivity contribution in [2.75, 3.05) is 58.8 Å². The predicted octanol–water partition coefficient (Wildman–Crippen LogP) is 5.55. The number of unbranched alkanes of at least 4 members (excludes halogenated alkanes) is 5. The number of ether oxygens (including phenoxy) is 1. The Morgan fingerprint density at radius 2 is 1.66 bits per heavy atom. The Balaban J connectivity index is 0.00000352. The van der Waals surface area contributed by atoms with Gasteiger partial charge in [0, 0.05) is 18.4 Å². The lowest BCUT2D eigenvalue weighted by Crippen LogP contribution is -2.58. The van der Waals surface area contributed by atoms with E-state index in [1.54, 1.807) is 42.5 Å². The Morgan fingerprint density at radius 3 is 2.21 bits per heavy atom. The molecule has 1 saturated heterocycles. The maximum atomic E-state index is 13.0. The van der Waals surface area contributed by atoms with Crippen molar-refractivity contribution in [1.82, 2.24) is 4.90 Å². The molecule has 0 radical (unpaired) electrons. The van der Waals surface area contributed by atoms with E-state index in [4.69, 9.17) is 9.84 Å². The molecule has 2 rings (SSSR count).